The van der Waals surface area contributed by atoms with Crippen LogP contribution in [0.25, 0.3) is 0 Å². The fourth-order valence-electron chi connectivity index (χ4n) is 0.912. The second-order valence-corrected chi connectivity index (χ2v) is 5.58. The standard InChI is InChI=1S/C9H14N4OS2/c1-6(16(2)14)3-12-8-5-11-7(4-13-8)9(10)15/h4-6H,3H2,1-2H3,(H2,10,15)(H,12,13). The van der Waals surface area contributed by atoms with Crippen LogP contribution in [0.1, 0.15) is 12.6 Å². The molecule has 0 radical (unpaired) electrons. The maximum absolute atomic E-state index is 11.1. The summed E-state index contributed by atoms with van der Waals surface area (Å²) in [7, 11) is -0.847. The molecule has 1 aromatic heterocycles. The molecular formula is C9H14N4OS2. The number of aromatic nitrogens is 2. The summed E-state index contributed by atoms with van der Waals surface area (Å²) in [6, 6.07) is 0. The van der Waals surface area contributed by atoms with Crippen LogP contribution in [0.15, 0.2) is 12.4 Å². The third kappa shape index (κ3) is 3.82. The van der Waals surface area contributed by atoms with Gasteiger partial charge in [0.15, 0.2) is 0 Å². The van der Waals surface area contributed by atoms with Crippen molar-refractivity contribution in [1.29, 1.82) is 0 Å². The minimum atomic E-state index is -0.847. The summed E-state index contributed by atoms with van der Waals surface area (Å²) in [5.74, 6) is 0.623. The monoisotopic (exact) mass is 258 g/mol. The van der Waals surface area contributed by atoms with Gasteiger partial charge in [-0.3, -0.25) is 4.21 Å². The molecule has 0 aliphatic heterocycles. The Hall–Kier alpha value is -1.08. The van der Waals surface area contributed by atoms with Crippen LogP contribution in [-0.2, 0) is 10.8 Å². The largest absolute Gasteiger partial charge is 0.388 e. The number of hydrogen-bond acceptors (Lipinski definition) is 5. The summed E-state index contributed by atoms with van der Waals surface area (Å²) in [4.78, 5) is 8.35. The van der Waals surface area contributed by atoms with Gasteiger partial charge in [0.25, 0.3) is 0 Å². The second kappa shape index (κ2) is 5.86. The van der Waals surface area contributed by atoms with Gasteiger partial charge in [0.05, 0.1) is 12.4 Å². The van der Waals surface area contributed by atoms with Crippen LogP contribution >= 0.6 is 12.2 Å². The number of thiocarbonyl (C=S) groups is 1. The van der Waals surface area contributed by atoms with Crippen LogP contribution in [0.2, 0.25) is 0 Å². The highest BCUT2D eigenvalue weighted by Crippen LogP contribution is 2.02. The molecule has 0 aliphatic carbocycles. The summed E-state index contributed by atoms with van der Waals surface area (Å²) in [6.45, 7) is 2.49. The molecule has 0 saturated carbocycles. The van der Waals surface area contributed by atoms with E-state index in [0.29, 0.717) is 18.1 Å². The highest BCUT2D eigenvalue weighted by atomic mass is 32.2. The Morgan fingerprint density at radius 2 is 2.31 bits per heavy atom. The van der Waals surface area contributed by atoms with Gasteiger partial charge in [-0.05, 0) is 6.92 Å². The van der Waals surface area contributed by atoms with E-state index in [1.807, 2.05) is 6.92 Å². The lowest BCUT2D eigenvalue weighted by atomic mass is 10.4. The zero-order chi connectivity index (χ0) is 12.1. The molecular weight excluding hydrogens is 244 g/mol. The Bertz CT molecular complexity index is 393. The number of rotatable bonds is 5. The fourth-order valence-corrected chi connectivity index (χ4v) is 1.34. The normalized spacial score (nSPS) is 14.1. The highest BCUT2D eigenvalue weighted by molar-refractivity contribution is 7.84. The SMILES string of the molecule is CC(CNc1cnc(C(N)=S)cn1)S(C)=O. The molecule has 0 aliphatic rings. The van der Waals surface area contributed by atoms with Crippen LogP contribution in [0.4, 0.5) is 5.82 Å². The van der Waals surface area contributed by atoms with Gasteiger partial charge in [0.1, 0.15) is 16.5 Å². The van der Waals surface area contributed by atoms with Crippen molar-refractivity contribution >= 4 is 33.8 Å². The number of nitrogens with two attached hydrogens (primary N) is 1. The number of hydrogen-bond donors (Lipinski definition) is 2. The third-order valence-electron chi connectivity index (χ3n) is 2.04. The third-order valence-corrected chi connectivity index (χ3v) is 3.55. The lowest BCUT2D eigenvalue weighted by molar-refractivity contribution is 0.678. The van der Waals surface area contributed by atoms with E-state index < -0.39 is 10.8 Å². The first kappa shape index (κ1) is 13.0. The van der Waals surface area contributed by atoms with Gasteiger partial charge in [0, 0.05) is 28.9 Å². The lowest BCUT2D eigenvalue weighted by Gasteiger charge is -2.10. The number of nitrogens with one attached hydrogen (secondary N) is 1. The van der Waals surface area contributed by atoms with Crippen molar-refractivity contribution in [2.75, 3.05) is 18.1 Å². The molecule has 1 aromatic rings. The van der Waals surface area contributed by atoms with E-state index in [1.165, 1.54) is 6.20 Å². The average molecular weight is 258 g/mol. The molecule has 7 heteroatoms. The smallest absolute Gasteiger partial charge is 0.144 e. The molecule has 88 valence electrons. The molecule has 0 fully saturated rings. The van der Waals surface area contributed by atoms with Crippen LogP contribution in [-0.4, -0.2) is 37.2 Å². The molecule has 1 heterocycles. The molecule has 16 heavy (non-hydrogen) atoms. The molecule has 0 saturated heterocycles. The van der Waals surface area contributed by atoms with Crippen molar-refractivity contribution in [2.24, 2.45) is 5.73 Å². The Morgan fingerprint density at radius 3 is 2.75 bits per heavy atom. The van der Waals surface area contributed by atoms with Crippen molar-refractivity contribution < 1.29 is 4.21 Å². The zero-order valence-electron chi connectivity index (χ0n) is 9.14. The van der Waals surface area contributed by atoms with Crippen molar-refractivity contribution in [1.82, 2.24) is 9.97 Å². The number of anilines is 1. The van der Waals surface area contributed by atoms with Crippen LogP contribution in [0.3, 0.4) is 0 Å². The van der Waals surface area contributed by atoms with Crippen molar-refractivity contribution in [3.05, 3.63) is 18.1 Å². The van der Waals surface area contributed by atoms with Crippen LogP contribution in [0, 0.1) is 0 Å². The van der Waals surface area contributed by atoms with E-state index in [1.54, 1.807) is 12.5 Å². The average Bonchev–Trinajstić information content (AvgIpc) is 2.26. The molecule has 0 aromatic carbocycles. The van der Waals surface area contributed by atoms with Crippen molar-refractivity contribution in [3.8, 4) is 0 Å². The molecule has 1 rings (SSSR count). The Labute approximate surface area is 102 Å². The molecule has 3 N–H and O–H groups in total. The van der Waals surface area contributed by atoms with Gasteiger partial charge in [-0.25, -0.2) is 9.97 Å². The van der Waals surface area contributed by atoms with Crippen LogP contribution < -0.4 is 11.1 Å². The Morgan fingerprint density at radius 1 is 1.62 bits per heavy atom. The van der Waals surface area contributed by atoms with Gasteiger partial charge >= 0.3 is 0 Å². The number of nitrogens with zero attached hydrogens (tertiary/aromatic N) is 2. The molecule has 2 atom stereocenters. The summed E-state index contributed by atoms with van der Waals surface area (Å²) < 4.78 is 11.1. The van der Waals surface area contributed by atoms with E-state index in [4.69, 9.17) is 18.0 Å². The van der Waals surface area contributed by atoms with Crippen LogP contribution in [0.5, 0.6) is 0 Å². The minimum absolute atomic E-state index is 0.0667. The quantitative estimate of drug-likeness (QED) is 0.739. The topological polar surface area (TPSA) is 80.9 Å². The van der Waals surface area contributed by atoms with Gasteiger partial charge in [-0.2, -0.15) is 0 Å². The first-order valence-corrected chi connectivity index (χ1v) is 6.71. The Balaban J connectivity index is 2.56. The molecule has 0 spiro atoms. The van der Waals surface area contributed by atoms with E-state index >= 15 is 0 Å². The highest BCUT2D eigenvalue weighted by Gasteiger charge is 2.06. The predicted molar refractivity (Wildman–Crippen MR) is 69.9 cm³/mol. The second-order valence-electron chi connectivity index (χ2n) is 3.34. The van der Waals surface area contributed by atoms with E-state index in [9.17, 15) is 4.21 Å². The first-order chi connectivity index (χ1) is 7.50. The predicted octanol–water partition coefficient (Wildman–Crippen LogP) is 0.290. The Kier molecular flexibility index (Phi) is 4.75. The lowest BCUT2D eigenvalue weighted by Crippen LogP contribution is -2.21. The van der Waals surface area contributed by atoms with E-state index in [-0.39, 0.29) is 10.2 Å². The minimum Gasteiger partial charge on any atom is -0.388 e. The van der Waals surface area contributed by atoms with E-state index in [0.717, 1.165) is 0 Å². The van der Waals surface area contributed by atoms with E-state index in [2.05, 4.69) is 15.3 Å². The molecule has 5 nitrogen and oxygen atoms in total. The van der Waals surface area contributed by atoms with Gasteiger partial charge in [0.2, 0.25) is 0 Å². The fraction of sp³-hybridized carbons (Fsp3) is 0.444. The zero-order valence-corrected chi connectivity index (χ0v) is 10.8. The molecule has 0 bridgehead atoms. The van der Waals surface area contributed by atoms with Gasteiger partial charge < -0.3 is 11.1 Å². The summed E-state index contributed by atoms with van der Waals surface area (Å²) in [6.07, 6.45) is 4.74. The van der Waals surface area contributed by atoms with Crippen molar-refractivity contribution in [2.45, 2.75) is 12.2 Å². The summed E-state index contributed by atoms with van der Waals surface area (Å²) in [5.41, 5.74) is 5.89. The maximum atomic E-state index is 11.1. The maximum Gasteiger partial charge on any atom is 0.144 e. The van der Waals surface area contributed by atoms with Crippen molar-refractivity contribution in [3.63, 3.8) is 0 Å². The first-order valence-electron chi connectivity index (χ1n) is 4.68. The molecule has 2 unspecified atom stereocenters. The summed E-state index contributed by atoms with van der Waals surface area (Å²) in [5, 5.41) is 3.11. The summed E-state index contributed by atoms with van der Waals surface area (Å²) >= 11 is 4.76. The van der Waals surface area contributed by atoms with Gasteiger partial charge in [-0.15, -0.1) is 0 Å². The van der Waals surface area contributed by atoms with Gasteiger partial charge in [-0.1, -0.05) is 12.2 Å². The molecule has 0 amide bonds.